The quantitative estimate of drug-likeness (QED) is 0.641. The third-order valence-corrected chi connectivity index (χ3v) is 4.50. The molecule has 0 aliphatic carbocycles. The molecule has 0 spiro atoms. The molecule has 1 aliphatic rings. The summed E-state index contributed by atoms with van der Waals surface area (Å²) in [6.45, 7) is 3.82. The van der Waals surface area contributed by atoms with E-state index in [0.29, 0.717) is 4.99 Å². The van der Waals surface area contributed by atoms with Crippen LogP contribution in [0.3, 0.4) is 0 Å². The van der Waals surface area contributed by atoms with Crippen LogP contribution in [-0.2, 0) is 5.75 Å². The Hall–Kier alpha value is -0.580. The van der Waals surface area contributed by atoms with Crippen LogP contribution in [0.15, 0.2) is 24.3 Å². The zero-order valence-corrected chi connectivity index (χ0v) is 12.2. The second-order valence-electron chi connectivity index (χ2n) is 4.66. The van der Waals surface area contributed by atoms with Gasteiger partial charge in [-0.1, -0.05) is 36.5 Å². The number of benzene rings is 1. The lowest BCUT2D eigenvalue weighted by Gasteiger charge is -2.13. The van der Waals surface area contributed by atoms with Crippen molar-refractivity contribution >= 4 is 29.0 Å². The molecule has 0 amide bonds. The normalized spacial score (nSPS) is 16.0. The second kappa shape index (κ2) is 7.12. The van der Waals surface area contributed by atoms with Crippen molar-refractivity contribution in [3.05, 3.63) is 35.4 Å². The molecular weight excluding hydrogens is 260 g/mol. The van der Waals surface area contributed by atoms with E-state index >= 15 is 0 Å². The van der Waals surface area contributed by atoms with Gasteiger partial charge in [0.1, 0.15) is 4.99 Å². The van der Waals surface area contributed by atoms with Crippen LogP contribution < -0.4 is 5.73 Å². The molecule has 0 saturated carbocycles. The van der Waals surface area contributed by atoms with E-state index in [0.717, 1.165) is 11.3 Å². The van der Waals surface area contributed by atoms with E-state index in [1.54, 1.807) is 0 Å². The minimum absolute atomic E-state index is 0.475. The van der Waals surface area contributed by atoms with Gasteiger partial charge in [-0.2, -0.15) is 11.8 Å². The molecule has 0 aromatic heterocycles. The van der Waals surface area contributed by atoms with Gasteiger partial charge in [-0.15, -0.1) is 0 Å². The number of hydrogen-bond donors (Lipinski definition) is 1. The molecule has 18 heavy (non-hydrogen) atoms. The number of thiocarbonyl (C=S) groups is 1. The van der Waals surface area contributed by atoms with Crippen LogP contribution in [0.1, 0.15) is 24.0 Å². The summed E-state index contributed by atoms with van der Waals surface area (Å²) >= 11 is 6.94. The molecule has 0 unspecified atom stereocenters. The summed E-state index contributed by atoms with van der Waals surface area (Å²) in [5.41, 5.74) is 7.88. The van der Waals surface area contributed by atoms with Gasteiger partial charge >= 0.3 is 0 Å². The molecule has 1 aromatic rings. The molecule has 4 heteroatoms. The summed E-state index contributed by atoms with van der Waals surface area (Å²) in [4.78, 5) is 3.03. The average Bonchev–Trinajstić information content (AvgIpc) is 2.88. The minimum Gasteiger partial charge on any atom is -0.389 e. The molecule has 2 nitrogen and oxygen atoms in total. The van der Waals surface area contributed by atoms with E-state index in [2.05, 4.69) is 17.0 Å². The van der Waals surface area contributed by atoms with Gasteiger partial charge in [0, 0.05) is 23.6 Å². The fourth-order valence-electron chi connectivity index (χ4n) is 2.16. The molecule has 98 valence electrons. The van der Waals surface area contributed by atoms with Crippen molar-refractivity contribution in [1.82, 2.24) is 4.90 Å². The highest BCUT2D eigenvalue weighted by Gasteiger charge is 2.10. The van der Waals surface area contributed by atoms with Crippen molar-refractivity contribution < 1.29 is 0 Å². The average molecular weight is 280 g/mol. The summed E-state index contributed by atoms with van der Waals surface area (Å²) < 4.78 is 0. The van der Waals surface area contributed by atoms with Crippen LogP contribution in [0, 0.1) is 0 Å². The van der Waals surface area contributed by atoms with Crippen LogP contribution in [0.5, 0.6) is 0 Å². The number of rotatable bonds is 6. The van der Waals surface area contributed by atoms with Gasteiger partial charge in [0.2, 0.25) is 0 Å². The van der Waals surface area contributed by atoms with E-state index in [-0.39, 0.29) is 0 Å². The van der Waals surface area contributed by atoms with Gasteiger partial charge in [0.05, 0.1) is 0 Å². The molecule has 0 atom stereocenters. The van der Waals surface area contributed by atoms with Crippen LogP contribution in [0.2, 0.25) is 0 Å². The minimum atomic E-state index is 0.475. The lowest BCUT2D eigenvalue weighted by Crippen LogP contribution is -2.21. The third-order valence-electron chi connectivity index (χ3n) is 3.26. The number of nitrogens with two attached hydrogens (primary N) is 1. The monoisotopic (exact) mass is 280 g/mol. The Balaban J connectivity index is 1.68. The first-order chi connectivity index (χ1) is 8.75. The van der Waals surface area contributed by atoms with Crippen molar-refractivity contribution in [1.29, 1.82) is 0 Å². The van der Waals surface area contributed by atoms with E-state index in [4.69, 9.17) is 18.0 Å². The Kier molecular flexibility index (Phi) is 5.47. The summed E-state index contributed by atoms with van der Waals surface area (Å²) in [5.74, 6) is 2.29. The maximum Gasteiger partial charge on any atom is 0.103 e. The van der Waals surface area contributed by atoms with Crippen LogP contribution in [0.4, 0.5) is 0 Å². The predicted octanol–water partition coefficient (Wildman–Crippen LogP) is 2.65. The molecule has 2 N–H and O–H groups in total. The molecule has 1 aromatic carbocycles. The first-order valence-corrected chi connectivity index (χ1v) is 8.01. The smallest absolute Gasteiger partial charge is 0.103 e. The van der Waals surface area contributed by atoms with Crippen molar-refractivity contribution in [2.24, 2.45) is 5.73 Å². The maximum atomic E-state index is 5.58. The summed E-state index contributed by atoms with van der Waals surface area (Å²) in [5, 5.41) is 0. The van der Waals surface area contributed by atoms with E-state index < -0.39 is 0 Å². The summed E-state index contributed by atoms with van der Waals surface area (Å²) in [7, 11) is 0. The first kappa shape index (κ1) is 13.8. The molecular formula is C14H20N2S2. The highest BCUT2D eigenvalue weighted by atomic mass is 32.2. The fraction of sp³-hybridized carbons (Fsp3) is 0.500. The lowest BCUT2D eigenvalue weighted by atomic mass is 10.1. The standard InChI is InChI=1S/C14H20N2S2/c15-14(17)13-5-3-12(4-6-13)11-18-10-9-16-7-1-2-8-16/h3-6H,1-2,7-11H2,(H2,15,17). The number of thioether (sulfide) groups is 1. The zero-order chi connectivity index (χ0) is 12.8. The molecule has 0 bridgehead atoms. The highest BCUT2D eigenvalue weighted by Crippen LogP contribution is 2.15. The van der Waals surface area contributed by atoms with Crippen molar-refractivity contribution in [3.8, 4) is 0 Å². The fourth-order valence-corrected chi connectivity index (χ4v) is 3.25. The first-order valence-electron chi connectivity index (χ1n) is 6.44. The van der Waals surface area contributed by atoms with Gasteiger partial charge < -0.3 is 10.6 Å². The Labute approximate surface area is 119 Å². The van der Waals surface area contributed by atoms with Gasteiger partial charge in [0.25, 0.3) is 0 Å². The highest BCUT2D eigenvalue weighted by molar-refractivity contribution is 7.98. The van der Waals surface area contributed by atoms with Crippen molar-refractivity contribution in [2.75, 3.05) is 25.4 Å². The Morgan fingerprint density at radius 3 is 2.50 bits per heavy atom. The summed E-state index contributed by atoms with van der Waals surface area (Å²) in [6.07, 6.45) is 2.76. The van der Waals surface area contributed by atoms with E-state index in [9.17, 15) is 0 Å². The number of likely N-dealkylation sites (tertiary alicyclic amines) is 1. The molecule has 1 saturated heterocycles. The molecule has 1 aliphatic heterocycles. The van der Waals surface area contributed by atoms with Gasteiger partial charge in [-0.25, -0.2) is 0 Å². The predicted molar refractivity (Wildman–Crippen MR) is 84.2 cm³/mol. The Bertz CT molecular complexity index is 383. The molecule has 0 radical (unpaired) electrons. The van der Waals surface area contributed by atoms with Gasteiger partial charge in [0.15, 0.2) is 0 Å². The van der Waals surface area contributed by atoms with E-state index in [1.807, 2.05) is 23.9 Å². The van der Waals surface area contributed by atoms with E-state index in [1.165, 1.54) is 43.8 Å². The van der Waals surface area contributed by atoms with Crippen LogP contribution in [0.25, 0.3) is 0 Å². The topological polar surface area (TPSA) is 29.3 Å². The SMILES string of the molecule is NC(=S)c1ccc(CSCCN2CCCC2)cc1. The number of hydrogen-bond acceptors (Lipinski definition) is 3. The Morgan fingerprint density at radius 1 is 1.22 bits per heavy atom. The summed E-state index contributed by atoms with van der Waals surface area (Å²) in [6, 6.07) is 8.27. The largest absolute Gasteiger partial charge is 0.389 e. The molecule has 2 rings (SSSR count). The number of nitrogens with zero attached hydrogens (tertiary/aromatic N) is 1. The van der Waals surface area contributed by atoms with Crippen LogP contribution >= 0.6 is 24.0 Å². The van der Waals surface area contributed by atoms with Crippen molar-refractivity contribution in [3.63, 3.8) is 0 Å². The van der Waals surface area contributed by atoms with Gasteiger partial charge in [-0.05, 0) is 31.5 Å². The van der Waals surface area contributed by atoms with Gasteiger partial charge in [-0.3, -0.25) is 0 Å². The molecule has 1 heterocycles. The van der Waals surface area contributed by atoms with Crippen LogP contribution in [-0.4, -0.2) is 35.3 Å². The third kappa shape index (κ3) is 4.26. The molecule has 1 fully saturated rings. The Morgan fingerprint density at radius 2 is 1.89 bits per heavy atom. The second-order valence-corrected chi connectivity index (χ2v) is 6.21. The lowest BCUT2D eigenvalue weighted by molar-refractivity contribution is 0.362. The maximum absolute atomic E-state index is 5.58. The zero-order valence-electron chi connectivity index (χ0n) is 10.6. The van der Waals surface area contributed by atoms with Crippen molar-refractivity contribution in [2.45, 2.75) is 18.6 Å².